The van der Waals surface area contributed by atoms with Crippen LogP contribution in [-0.4, -0.2) is 34.8 Å². The number of rotatable bonds is 1. The fraction of sp³-hybridized carbons (Fsp3) is 0.692. The van der Waals surface area contributed by atoms with Gasteiger partial charge in [-0.15, -0.1) is 0 Å². The summed E-state index contributed by atoms with van der Waals surface area (Å²) in [5.41, 5.74) is -1.53. The fourth-order valence-electron chi connectivity index (χ4n) is 8.76. The summed E-state index contributed by atoms with van der Waals surface area (Å²) in [6.07, 6.45) is 10.1. The minimum atomic E-state index is -0.794. The van der Waals surface area contributed by atoms with Crippen molar-refractivity contribution in [3.63, 3.8) is 0 Å². The summed E-state index contributed by atoms with van der Waals surface area (Å²) in [6, 6.07) is 2.05. The lowest BCUT2D eigenvalue weighted by Crippen LogP contribution is -2.65. The van der Waals surface area contributed by atoms with E-state index in [4.69, 9.17) is 18.6 Å². The molecule has 0 aromatic carbocycles. The van der Waals surface area contributed by atoms with Crippen LogP contribution in [0.5, 0.6) is 0 Å². The van der Waals surface area contributed by atoms with Crippen LogP contribution in [0.3, 0.4) is 0 Å². The maximum atomic E-state index is 13.3. The average molecular weight is 441 g/mol. The number of fused-ring (bicyclic) bond motifs is 3. The lowest BCUT2D eigenvalue weighted by atomic mass is 9.47. The largest absolute Gasteiger partial charge is 0.472 e. The van der Waals surface area contributed by atoms with Gasteiger partial charge < -0.3 is 18.6 Å². The highest BCUT2D eigenvalue weighted by Gasteiger charge is 2.86. The van der Waals surface area contributed by atoms with E-state index < -0.39 is 22.2 Å². The van der Waals surface area contributed by atoms with Gasteiger partial charge in [0.1, 0.15) is 16.8 Å². The third-order valence-corrected chi connectivity index (χ3v) is 10.1. The Morgan fingerprint density at radius 2 is 1.81 bits per heavy atom. The summed E-state index contributed by atoms with van der Waals surface area (Å²) >= 11 is 0. The van der Waals surface area contributed by atoms with Crippen molar-refractivity contribution in [2.75, 3.05) is 0 Å². The Hall–Kier alpha value is -2.08. The standard InChI is InChI=1S/C26H32O6/c1-22(2)18-13-21(28)32-25(5)17(23(18,3)9-7-20(27)31-22)6-10-24(4)16(15-8-11-29-14-15)12-19-26(24,25)30-19/h7-9,11,14,16-19H,6,10,12-13H2,1-5H3. The topological polar surface area (TPSA) is 78.3 Å². The molecule has 2 aliphatic carbocycles. The Labute approximate surface area is 188 Å². The van der Waals surface area contributed by atoms with E-state index in [1.165, 1.54) is 5.56 Å². The first-order chi connectivity index (χ1) is 15.0. The monoisotopic (exact) mass is 440 g/mol. The van der Waals surface area contributed by atoms with E-state index in [1.54, 1.807) is 12.3 Å². The number of cyclic esters (lactones) is 1. The number of hydrogen-bond acceptors (Lipinski definition) is 6. The third-order valence-electron chi connectivity index (χ3n) is 10.1. The predicted octanol–water partition coefficient (Wildman–Crippen LogP) is 4.54. The normalized spacial score (nSPS) is 50.7. The number of carbonyl (C=O) groups excluding carboxylic acids is 2. The quantitative estimate of drug-likeness (QED) is 0.471. The number of furan rings is 1. The van der Waals surface area contributed by atoms with Crippen LogP contribution in [0.2, 0.25) is 0 Å². The molecule has 8 unspecified atom stereocenters. The first kappa shape index (κ1) is 20.5. The molecule has 3 aliphatic heterocycles. The zero-order chi connectivity index (χ0) is 22.7. The van der Waals surface area contributed by atoms with Crippen molar-refractivity contribution in [2.45, 2.75) is 89.1 Å². The molecule has 1 aromatic rings. The minimum Gasteiger partial charge on any atom is -0.472 e. The Morgan fingerprint density at radius 1 is 1.03 bits per heavy atom. The van der Waals surface area contributed by atoms with Crippen LogP contribution in [-0.2, 0) is 23.8 Å². The van der Waals surface area contributed by atoms with Gasteiger partial charge in [-0.05, 0) is 63.0 Å². The van der Waals surface area contributed by atoms with Crippen molar-refractivity contribution in [3.8, 4) is 0 Å². The molecular formula is C26H32O6. The number of ether oxygens (including phenoxy) is 3. The molecule has 0 N–H and O–H groups in total. The van der Waals surface area contributed by atoms with Gasteiger partial charge in [0.05, 0.1) is 25.1 Å². The Bertz CT molecular complexity index is 1030. The van der Waals surface area contributed by atoms with Crippen LogP contribution in [0.25, 0.3) is 0 Å². The number of allylic oxidation sites excluding steroid dienone is 1. The molecule has 172 valence electrons. The molecule has 32 heavy (non-hydrogen) atoms. The molecule has 0 amide bonds. The second-order valence-electron chi connectivity index (χ2n) is 11.8. The highest BCUT2D eigenvalue weighted by atomic mass is 16.7. The lowest BCUT2D eigenvalue weighted by Gasteiger charge is -2.58. The molecule has 4 fully saturated rings. The molecule has 1 spiro atoms. The Morgan fingerprint density at radius 3 is 2.53 bits per heavy atom. The van der Waals surface area contributed by atoms with Gasteiger partial charge in [0.2, 0.25) is 0 Å². The first-order valence-corrected chi connectivity index (χ1v) is 11.8. The van der Waals surface area contributed by atoms with Gasteiger partial charge in [0.25, 0.3) is 0 Å². The number of hydrogen-bond donors (Lipinski definition) is 0. The van der Waals surface area contributed by atoms with Crippen molar-refractivity contribution in [3.05, 3.63) is 36.3 Å². The maximum Gasteiger partial charge on any atom is 0.330 e. The maximum absolute atomic E-state index is 13.3. The highest BCUT2D eigenvalue weighted by molar-refractivity contribution is 5.83. The second kappa shape index (κ2) is 5.88. The number of carbonyl (C=O) groups is 2. The summed E-state index contributed by atoms with van der Waals surface area (Å²) in [4.78, 5) is 25.7. The van der Waals surface area contributed by atoms with E-state index in [0.29, 0.717) is 5.92 Å². The van der Waals surface area contributed by atoms with E-state index in [1.807, 2.05) is 26.2 Å². The van der Waals surface area contributed by atoms with Gasteiger partial charge in [-0.3, -0.25) is 4.79 Å². The molecule has 6 rings (SSSR count). The SMILES string of the molecule is CC1(C)OC(=O)C=CC2(C)C1CC(=O)OC1(C)C2CCC2(C)C(c3ccoc3)CC3OC321. The third kappa shape index (κ3) is 2.20. The molecule has 6 nitrogen and oxygen atoms in total. The summed E-state index contributed by atoms with van der Waals surface area (Å²) in [5.74, 6) is -0.446. The van der Waals surface area contributed by atoms with Crippen LogP contribution < -0.4 is 0 Å². The lowest BCUT2D eigenvalue weighted by molar-refractivity contribution is -0.204. The molecule has 6 heteroatoms. The van der Waals surface area contributed by atoms with E-state index in [2.05, 4.69) is 26.8 Å². The molecule has 8 atom stereocenters. The molecule has 2 saturated carbocycles. The van der Waals surface area contributed by atoms with Crippen LogP contribution in [0.4, 0.5) is 0 Å². The fourth-order valence-corrected chi connectivity index (χ4v) is 8.76. The molecule has 1 aromatic heterocycles. The van der Waals surface area contributed by atoms with Crippen LogP contribution >= 0.6 is 0 Å². The molecule has 4 heterocycles. The van der Waals surface area contributed by atoms with Gasteiger partial charge in [-0.25, -0.2) is 4.79 Å². The van der Waals surface area contributed by atoms with Gasteiger partial charge in [0, 0.05) is 23.3 Å². The minimum absolute atomic E-state index is 0.0117. The van der Waals surface area contributed by atoms with Crippen molar-refractivity contribution < 1.29 is 28.2 Å². The van der Waals surface area contributed by atoms with Crippen molar-refractivity contribution >= 4 is 11.9 Å². The molecule has 0 bridgehead atoms. The van der Waals surface area contributed by atoms with Crippen molar-refractivity contribution in [1.82, 2.24) is 0 Å². The highest BCUT2D eigenvalue weighted by Crippen LogP contribution is 2.78. The summed E-state index contributed by atoms with van der Waals surface area (Å²) in [6.45, 7) is 10.4. The summed E-state index contributed by atoms with van der Waals surface area (Å²) in [7, 11) is 0. The molecular weight excluding hydrogens is 408 g/mol. The van der Waals surface area contributed by atoms with Crippen molar-refractivity contribution in [2.24, 2.45) is 22.7 Å². The van der Waals surface area contributed by atoms with E-state index >= 15 is 0 Å². The van der Waals surface area contributed by atoms with E-state index in [9.17, 15) is 9.59 Å². The van der Waals surface area contributed by atoms with E-state index in [0.717, 1.165) is 19.3 Å². The van der Waals surface area contributed by atoms with Gasteiger partial charge in [0.15, 0.2) is 0 Å². The van der Waals surface area contributed by atoms with E-state index in [-0.39, 0.29) is 41.7 Å². The van der Waals surface area contributed by atoms with Gasteiger partial charge >= 0.3 is 11.9 Å². The van der Waals surface area contributed by atoms with Gasteiger partial charge in [-0.2, -0.15) is 0 Å². The summed E-state index contributed by atoms with van der Waals surface area (Å²) < 4.78 is 24.2. The Kier molecular flexibility index (Phi) is 3.77. The molecule has 2 saturated heterocycles. The van der Waals surface area contributed by atoms with Crippen LogP contribution in [0.1, 0.15) is 71.8 Å². The number of epoxide rings is 1. The predicted molar refractivity (Wildman–Crippen MR) is 115 cm³/mol. The average Bonchev–Trinajstić information content (AvgIpc) is 3.13. The molecule has 5 aliphatic rings. The summed E-state index contributed by atoms with van der Waals surface area (Å²) in [5, 5.41) is 0. The zero-order valence-corrected chi connectivity index (χ0v) is 19.5. The van der Waals surface area contributed by atoms with Crippen LogP contribution in [0.15, 0.2) is 35.2 Å². The zero-order valence-electron chi connectivity index (χ0n) is 19.5. The molecule has 0 radical (unpaired) electrons. The van der Waals surface area contributed by atoms with Crippen LogP contribution in [0, 0.1) is 22.7 Å². The van der Waals surface area contributed by atoms with Gasteiger partial charge in [-0.1, -0.05) is 19.9 Å². The Balaban J connectivity index is 1.50. The smallest absolute Gasteiger partial charge is 0.330 e. The van der Waals surface area contributed by atoms with Crippen molar-refractivity contribution in [1.29, 1.82) is 0 Å². The number of esters is 2. The second-order valence-corrected chi connectivity index (χ2v) is 11.8. The first-order valence-electron chi connectivity index (χ1n) is 11.8.